The van der Waals surface area contributed by atoms with Crippen molar-refractivity contribution in [3.05, 3.63) is 44.8 Å². The summed E-state index contributed by atoms with van der Waals surface area (Å²) in [4.78, 5) is 0. The van der Waals surface area contributed by atoms with Gasteiger partial charge in [0, 0.05) is 5.92 Å². The van der Waals surface area contributed by atoms with Gasteiger partial charge in [-0.25, -0.2) is 0 Å². The Kier molecular flexibility index (Phi) is 6.86. The maximum Gasteiger partial charge on any atom is 0.414 e. The Morgan fingerprint density at radius 1 is 0.952 bits per heavy atom. The summed E-state index contributed by atoms with van der Waals surface area (Å²) in [5.41, 5.74) is 1.53. The van der Waals surface area contributed by atoms with Crippen LogP contribution < -0.4 is 0 Å². The van der Waals surface area contributed by atoms with Crippen molar-refractivity contribution in [2.24, 2.45) is 0 Å². The van der Waals surface area contributed by atoms with Crippen molar-refractivity contribution in [1.82, 2.24) is 0 Å². The van der Waals surface area contributed by atoms with Gasteiger partial charge in [0.2, 0.25) is 0 Å². The Morgan fingerprint density at radius 3 is 1.71 bits per heavy atom. The molecular formula is C14H17F3O2S2. The highest BCUT2D eigenvalue weighted by molar-refractivity contribution is 7.08. The van der Waals surface area contributed by atoms with Gasteiger partial charge in [0.05, 0.1) is 6.10 Å². The van der Waals surface area contributed by atoms with Gasteiger partial charge in [0.1, 0.15) is 0 Å². The summed E-state index contributed by atoms with van der Waals surface area (Å²) in [7, 11) is 0. The van der Waals surface area contributed by atoms with E-state index in [9.17, 15) is 13.2 Å². The fraction of sp³-hybridized carbons (Fsp3) is 0.429. The molecule has 0 spiro atoms. The second kappa shape index (κ2) is 7.93. The van der Waals surface area contributed by atoms with E-state index in [0.717, 1.165) is 5.56 Å². The van der Waals surface area contributed by atoms with Crippen LogP contribution in [0.2, 0.25) is 0 Å². The zero-order valence-corrected chi connectivity index (χ0v) is 13.2. The normalized spacial score (nSPS) is 15.8. The first-order valence-electron chi connectivity index (χ1n) is 6.20. The molecular weight excluding hydrogens is 321 g/mol. The Bertz CT molecular complexity index is 493. The second-order valence-electron chi connectivity index (χ2n) is 4.56. The van der Waals surface area contributed by atoms with Crippen LogP contribution in [0.15, 0.2) is 33.7 Å². The van der Waals surface area contributed by atoms with Gasteiger partial charge in [0.25, 0.3) is 0 Å². The summed E-state index contributed by atoms with van der Waals surface area (Å²) in [6.45, 7) is 3.13. The standard InChI is InChI=1S/C8H9F3OS.C6H8OS/c1-5(6-2-3-13-4-6)7(12)8(9,10)11;1-5(7)6-2-3-8-4-6/h2-5,7,12H,1H3;2-5,7H,1H3. The average Bonchev–Trinajstić information content (AvgIpc) is 3.09. The van der Waals surface area contributed by atoms with Gasteiger partial charge in [0.15, 0.2) is 6.10 Å². The molecule has 7 heteroatoms. The van der Waals surface area contributed by atoms with Gasteiger partial charge in [-0.05, 0) is 51.7 Å². The molecule has 0 fully saturated rings. The van der Waals surface area contributed by atoms with Crippen LogP contribution in [0.1, 0.15) is 37.0 Å². The molecule has 0 amide bonds. The molecule has 2 aromatic rings. The Labute approximate surface area is 129 Å². The SMILES string of the molecule is CC(O)c1ccsc1.CC(c1ccsc1)C(O)C(F)(F)F. The lowest BCUT2D eigenvalue weighted by Gasteiger charge is -2.20. The smallest absolute Gasteiger partial charge is 0.389 e. The zero-order chi connectivity index (χ0) is 16.0. The highest BCUT2D eigenvalue weighted by atomic mass is 32.1. The van der Waals surface area contributed by atoms with E-state index in [1.54, 1.807) is 35.1 Å². The second-order valence-corrected chi connectivity index (χ2v) is 6.12. The lowest BCUT2D eigenvalue weighted by atomic mass is 9.98. The van der Waals surface area contributed by atoms with Crippen LogP contribution in [0.5, 0.6) is 0 Å². The molecule has 0 saturated heterocycles. The third-order valence-electron chi connectivity index (χ3n) is 2.90. The molecule has 2 heterocycles. The molecule has 3 atom stereocenters. The number of thiophene rings is 2. The molecule has 2 rings (SSSR count). The Balaban J connectivity index is 0.000000235. The first-order valence-corrected chi connectivity index (χ1v) is 8.09. The minimum absolute atomic E-state index is 0.304. The van der Waals surface area contributed by atoms with Crippen molar-refractivity contribution in [1.29, 1.82) is 0 Å². The van der Waals surface area contributed by atoms with Gasteiger partial charge < -0.3 is 10.2 Å². The van der Waals surface area contributed by atoms with Crippen LogP contribution in [0, 0.1) is 0 Å². The highest BCUT2D eigenvalue weighted by Gasteiger charge is 2.42. The van der Waals surface area contributed by atoms with Gasteiger partial charge in [-0.1, -0.05) is 6.92 Å². The average molecular weight is 338 g/mol. The van der Waals surface area contributed by atoms with E-state index in [0.29, 0.717) is 5.56 Å². The van der Waals surface area contributed by atoms with E-state index in [2.05, 4.69) is 0 Å². The molecule has 2 aromatic heterocycles. The number of aliphatic hydroxyl groups excluding tert-OH is 2. The van der Waals surface area contributed by atoms with Crippen molar-refractivity contribution in [3.63, 3.8) is 0 Å². The molecule has 0 aliphatic heterocycles. The van der Waals surface area contributed by atoms with E-state index in [1.807, 2.05) is 16.8 Å². The fourth-order valence-corrected chi connectivity index (χ4v) is 3.02. The molecule has 2 N–H and O–H groups in total. The zero-order valence-electron chi connectivity index (χ0n) is 11.5. The Hall–Kier alpha value is -0.890. The molecule has 0 radical (unpaired) electrons. The molecule has 0 aromatic carbocycles. The number of aliphatic hydroxyl groups is 2. The highest BCUT2D eigenvalue weighted by Crippen LogP contribution is 2.32. The summed E-state index contributed by atoms with van der Waals surface area (Å²) < 4.78 is 36.1. The number of hydrogen-bond donors (Lipinski definition) is 2. The summed E-state index contributed by atoms with van der Waals surface area (Å²) in [6, 6.07) is 3.51. The number of hydrogen-bond acceptors (Lipinski definition) is 4. The van der Waals surface area contributed by atoms with Crippen LogP contribution in [-0.2, 0) is 0 Å². The lowest BCUT2D eigenvalue weighted by Crippen LogP contribution is -2.33. The van der Waals surface area contributed by atoms with Crippen LogP contribution >= 0.6 is 22.7 Å². The lowest BCUT2D eigenvalue weighted by molar-refractivity contribution is -0.209. The molecule has 0 bridgehead atoms. The molecule has 0 aliphatic carbocycles. The van der Waals surface area contributed by atoms with Gasteiger partial charge in [-0.15, -0.1) is 0 Å². The van der Waals surface area contributed by atoms with Crippen LogP contribution in [-0.4, -0.2) is 22.5 Å². The van der Waals surface area contributed by atoms with Crippen LogP contribution in [0.25, 0.3) is 0 Å². The van der Waals surface area contributed by atoms with Crippen molar-refractivity contribution in [2.45, 2.75) is 38.1 Å². The summed E-state index contributed by atoms with van der Waals surface area (Å²) in [6.07, 6.45) is -7.12. The first-order chi connectivity index (χ1) is 9.73. The predicted molar refractivity (Wildman–Crippen MR) is 79.7 cm³/mol. The van der Waals surface area contributed by atoms with E-state index in [4.69, 9.17) is 10.2 Å². The fourth-order valence-electron chi connectivity index (χ4n) is 1.51. The van der Waals surface area contributed by atoms with Gasteiger partial charge >= 0.3 is 6.18 Å². The van der Waals surface area contributed by atoms with Gasteiger partial charge in [-0.3, -0.25) is 0 Å². The minimum atomic E-state index is -4.54. The van der Waals surface area contributed by atoms with Crippen molar-refractivity contribution >= 4 is 22.7 Å². The van der Waals surface area contributed by atoms with Crippen LogP contribution in [0.3, 0.4) is 0 Å². The number of halogens is 3. The molecule has 2 nitrogen and oxygen atoms in total. The van der Waals surface area contributed by atoms with Crippen LogP contribution in [0.4, 0.5) is 13.2 Å². The number of alkyl halides is 3. The third kappa shape index (κ3) is 5.78. The maximum atomic E-state index is 12.0. The van der Waals surface area contributed by atoms with Gasteiger partial charge in [-0.2, -0.15) is 35.8 Å². The first kappa shape index (κ1) is 18.2. The minimum Gasteiger partial charge on any atom is -0.389 e. The molecule has 0 aliphatic rings. The summed E-state index contributed by atoms with van der Waals surface area (Å²) in [5, 5.41) is 25.0. The largest absolute Gasteiger partial charge is 0.414 e. The van der Waals surface area contributed by atoms with E-state index in [1.165, 1.54) is 18.3 Å². The topological polar surface area (TPSA) is 40.5 Å². The Morgan fingerprint density at radius 2 is 1.43 bits per heavy atom. The molecule has 0 saturated carbocycles. The molecule has 21 heavy (non-hydrogen) atoms. The number of rotatable bonds is 3. The maximum absolute atomic E-state index is 12.0. The third-order valence-corrected chi connectivity index (χ3v) is 4.31. The van der Waals surface area contributed by atoms with Crippen molar-refractivity contribution in [3.8, 4) is 0 Å². The molecule has 3 unspecified atom stereocenters. The van der Waals surface area contributed by atoms with Crippen molar-refractivity contribution in [2.75, 3.05) is 0 Å². The van der Waals surface area contributed by atoms with E-state index >= 15 is 0 Å². The predicted octanol–water partition coefficient (Wildman–Crippen LogP) is 4.58. The van der Waals surface area contributed by atoms with E-state index in [-0.39, 0.29) is 6.10 Å². The monoisotopic (exact) mass is 338 g/mol. The summed E-state index contributed by atoms with van der Waals surface area (Å²) >= 11 is 2.93. The summed E-state index contributed by atoms with van der Waals surface area (Å²) in [5.74, 6) is -0.897. The van der Waals surface area contributed by atoms with Crippen molar-refractivity contribution < 1.29 is 23.4 Å². The quantitative estimate of drug-likeness (QED) is 0.860. The van der Waals surface area contributed by atoms with E-state index < -0.39 is 18.2 Å². The molecule has 118 valence electrons.